The molecule has 0 spiro atoms. The van der Waals surface area contributed by atoms with Gasteiger partial charge in [0.1, 0.15) is 0 Å². The Labute approximate surface area is 95.5 Å². The molecule has 2 aromatic rings. The van der Waals surface area contributed by atoms with E-state index in [2.05, 4.69) is 43.2 Å². The van der Waals surface area contributed by atoms with Crippen LogP contribution in [0, 0.1) is 0 Å². The van der Waals surface area contributed by atoms with E-state index in [0.717, 1.165) is 16.8 Å². The quantitative estimate of drug-likeness (QED) is 0.591. The Morgan fingerprint density at radius 1 is 1.40 bits per heavy atom. The van der Waals surface area contributed by atoms with Crippen LogP contribution in [0.4, 0.5) is 5.69 Å². The van der Waals surface area contributed by atoms with E-state index in [1.807, 2.05) is 12.1 Å². The summed E-state index contributed by atoms with van der Waals surface area (Å²) in [7, 11) is 0. The first-order valence-corrected chi connectivity index (χ1v) is 5.77. The van der Waals surface area contributed by atoms with Crippen molar-refractivity contribution in [2.24, 2.45) is 0 Å². The van der Waals surface area contributed by atoms with Crippen LogP contribution in [0.5, 0.6) is 0 Å². The monoisotopic (exact) mass is 220 g/mol. The number of benzene rings is 1. The third-order valence-corrected chi connectivity index (χ3v) is 3.00. The molecule has 0 aliphatic rings. The average Bonchev–Trinajstić information content (AvgIpc) is 2.57. The fraction of sp³-hybridized carbons (Fsp3) is 0.333. The maximum absolute atomic E-state index is 5.96. The largest absolute Gasteiger partial charge is 0.398 e. The van der Waals surface area contributed by atoms with Crippen molar-refractivity contribution < 1.29 is 0 Å². The highest BCUT2D eigenvalue weighted by Crippen LogP contribution is 2.28. The van der Waals surface area contributed by atoms with Crippen molar-refractivity contribution in [2.45, 2.75) is 25.6 Å². The summed E-state index contributed by atoms with van der Waals surface area (Å²) in [6, 6.07) is 8.62. The van der Waals surface area contributed by atoms with Crippen LogP contribution < -0.4 is 5.73 Å². The van der Waals surface area contributed by atoms with Crippen LogP contribution in [0.1, 0.15) is 25.6 Å². The van der Waals surface area contributed by atoms with Gasteiger partial charge in [-0.3, -0.25) is 0 Å². The molecule has 0 saturated heterocycles. The van der Waals surface area contributed by atoms with Gasteiger partial charge in [-0.25, -0.2) is 0 Å². The van der Waals surface area contributed by atoms with Crippen LogP contribution in [-0.2, 0) is 5.75 Å². The summed E-state index contributed by atoms with van der Waals surface area (Å²) in [6.45, 7) is 4.35. The molecule has 3 heteroatoms. The minimum Gasteiger partial charge on any atom is -0.398 e. The van der Waals surface area contributed by atoms with Gasteiger partial charge < -0.3 is 10.3 Å². The molecular formula is C12H16N2S. The van der Waals surface area contributed by atoms with E-state index in [4.69, 9.17) is 5.73 Å². The van der Waals surface area contributed by atoms with Crippen LogP contribution in [-0.4, -0.2) is 4.57 Å². The zero-order chi connectivity index (χ0) is 11.0. The Bertz CT molecular complexity index is 486. The zero-order valence-corrected chi connectivity index (χ0v) is 9.96. The Morgan fingerprint density at radius 2 is 2.13 bits per heavy atom. The number of rotatable bonds is 2. The molecule has 80 valence electrons. The molecule has 0 aliphatic heterocycles. The summed E-state index contributed by atoms with van der Waals surface area (Å²) in [5, 5.41) is 1.13. The average molecular weight is 220 g/mol. The first-order valence-electron chi connectivity index (χ1n) is 5.14. The molecule has 0 fully saturated rings. The van der Waals surface area contributed by atoms with Gasteiger partial charge in [-0.15, -0.1) is 0 Å². The lowest BCUT2D eigenvalue weighted by Gasteiger charge is -2.13. The van der Waals surface area contributed by atoms with Gasteiger partial charge in [-0.1, -0.05) is 6.07 Å². The van der Waals surface area contributed by atoms with Gasteiger partial charge in [0.25, 0.3) is 0 Å². The van der Waals surface area contributed by atoms with Gasteiger partial charge in [0.2, 0.25) is 0 Å². The third kappa shape index (κ3) is 1.61. The second-order valence-corrected chi connectivity index (χ2v) is 4.35. The first-order chi connectivity index (χ1) is 7.15. The predicted molar refractivity (Wildman–Crippen MR) is 69.4 cm³/mol. The fourth-order valence-electron chi connectivity index (χ4n) is 2.06. The number of thiol groups is 1. The molecule has 0 unspecified atom stereocenters. The molecule has 0 aliphatic carbocycles. The maximum atomic E-state index is 5.96. The summed E-state index contributed by atoms with van der Waals surface area (Å²) in [4.78, 5) is 0. The van der Waals surface area contributed by atoms with E-state index in [1.54, 1.807) is 0 Å². The normalized spacial score (nSPS) is 11.5. The zero-order valence-electron chi connectivity index (χ0n) is 9.07. The molecule has 0 bridgehead atoms. The molecule has 1 aromatic heterocycles. The number of fused-ring (bicyclic) bond motifs is 1. The molecule has 1 aromatic carbocycles. The highest BCUT2D eigenvalue weighted by atomic mass is 32.1. The van der Waals surface area contributed by atoms with E-state index in [-0.39, 0.29) is 0 Å². The maximum Gasteiger partial charge on any atom is 0.0506 e. The van der Waals surface area contributed by atoms with Gasteiger partial charge >= 0.3 is 0 Å². The van der Waals surface area contributed by atoms with Gasteiger partial charge in [0.05, 0.1) is 5.52 Å². The van der Waals surface area contributed by atoms with E-state index >= 15 is 0 Å². The van der Waals surface area contributed by atoms with E-state index < -0.39 is 0 Å². The Hall–Kier alpha value is -1.09. The fourth-order valence-corrected chi connectivity index (χ4v) is 2.30. The van der Waals surface area contributed by atoms with E-state index in [1.165, 1.54) is 11.2 Å². The lowest BCUT2D eigenvalue weighted by molar-refractivity contribution is 0.606. The van der Waals surface area contributed by atoms with Crippen molar-refractivity contribution in [3.05, 3.63) is 30.0 Å². The standard InChI is InChI=1S/C12H16N2S/c1-8(2)14-9(7-15)6-10-11(13)4-3-5-12(10)14/h3-6,8,15H,7,13H2,1-2H3. The van der Waals surface area contributed by atoms with Crippen molar-refractivity contribution in [2.75, 3.05) is 5.73 Å². The van der Waals surface area contributed by atoms with Crippen LogP contribution in [0.3, 0.4) is 0 Å². The molecule has 2 N–H and O–H groups in total. The van der Waals surface area contributed by atoms with Gasteiger partial charge in [-0.05, 0) is 32.0 Å². The highest BCUT2D eigenvalue weighted by Gasteiger charge is 2.11. The Kier molecular flexibility index (Phi) is 2.65. The van der Waals surface area contributed by atoms with Crippen molar-refractivity contribution >= 4 is 29.2 Å². The second-order valence-electron chi connectivity index (χ2n) is 4.04. The molecule has 1 heterocycles. The van der Waals surface area contributed by atoms with E-state index in [9.17, 15) is 0 Å². The third-order valence-electron chi connectivity index (χ3n) is 2.68. The lowest BCUT2D eigenvalue weighted by Crippen LogP contribution is -2.03. The molecule has 0 saturated carbocycles. The van der Waals surface area contributed by atoms with Crippen LogP contribution in [0.15, 0.2) is 24.3 Å². The summed E-state index contributed by atoms with van der Waals surface area (Å²) in [6.07, 6.45) is 0. The van der Waals surface area contributed by atoms with Crippen molar-refractivity contribution in [1.82, 2.24) is 4.57 Å². The minimum atomic E-state index is 0.437. The Balaban J connectivity index is 2.80. The van der Waals surface area contributed by atoms with Gasteiger partial charge in [-0.2, -0.15) is 12.6 Å². The lowest BCUT2D eigenvalue weighted by atomic mass is 10.2. The SMILES string of the molecule is CC(C)n1c(CS)cc2c(N)cccc21. The number of hydrogen-bond acceptors (Lipinski definition) is 2. The first kappa shape index (κ1) is 10.4. The molecule has 2 nitrogen and oxygen atoms in total. The number of anilines is 1. The van der Waals surface area contributed by atoms with Gasteiger partial charge in [0.15, 0.2) is 0 Å². The summed E-state index contributed by atoms with van der Waals surface area (Å²) >= 11 is 4.36. The number of aromatic nitrogens is 1. The van der Waals surface area contributed by atoms with E-state index in [0.29, 0.717) is 6.04 Å². The minimum absolute atomic E-state index is 0.437. The number of nitrogens with two attached hydrogens (primary N) is 1. The molecule has 15 heavy (non-hydrogen) atoms. The summed E-state index contributed by atoms with van der Waals surface area (Å²) in [5.41, 5.74) is 9.22. The smallest absolute Gasteiger partial charge is 0.0506 e. The molecular weight excluding hydrogens is 204 g/mol. The second kappa shape index (κ2) is 3.81. The number of hydrogen-bond donors (Lipinski definition) is 2. The molecule has 0 radical (unpaired) electrons. The highest BCUT2D eigenvalue weighted by molar-refractivity contribution is 7.79. The van der Waals surface area contributed by atoms with Crippen LogP contribution >= 0.6 is 12.6 Å². The van der Waals surface area contributed by atoms with Crippen molar-refractivity contribution in [3.8, 4) is 0 Å². The number of nitrogens with zero attached hydrogens (tertiary/aromatic N) is 1. The topological polar surface area (TPSA) is 30.9 Å². The van der Waals surface area contributed by atoms with Crippen LogP contribution in [0.25, 0.3) is 10.9 Å². The summed E-state index contributed by atoms with van der Waals surface area (Å²) < 4.78 is 2.29. The van der Waals surface area contributed by atoms with Crippen LogP contribution in [0.2, 0.25) is 0 Å². The predicted octanol–water partition coefficient (Wildman–Crippen LogP) is 3.23. The molecule has 0 amide bonds. The molecule has 2 rings (SSSR count). The van der Waals surface area contributed by atoms with Gasteiger partial charge in [0, 0.05) is 28.6 Å². The Morgan fingerprint density at radius 3 is 2.73 bits per heavy atom. The van der Waals surface area contributed by atoms with Crippen molar-refractivity contribution in [3.63, 3.8) is 0 Å². The molecule has 0 atom stereocenters. The summed E-state index contributed by atoms with van der Waals surface area (Å²) in [5.74, 6) is 0.742. The van der Waals surface area contributed by atoms with Crippen molar-refractivity contribution in [1.29, 1.82) is 0 Å². The number of nitrogen functional groups attached to an aromatic ring is 1.